The summed E-state index contributed by atoms with van der Waals surface area (Å²) >= 11 is 0. The number of fused-ring (bicyclic) bond motifs is 8. The minimum atomic E-state index is 0. The zero-order valence-electron chi connectivity index (χ0n) is 17.4. The number of hydrogen-bond acceptors (Lipinski definition) is 2. The summed E-state index contributed by atoms with van der Waals surface area (Å²) in [7, 11) is 0. The summed E-state index contributed by atoms with van der Waals surface area (Å²) < 4.78 is 0. The Morgan fingerprint density at radius 1 is 0.594 bits per heavy atom. The second-order valence-corrected chi connectivity index (χ2v) is 7.86. The van der Waals surface area contributed by atoms with E-state index in [1.165, 1.54) is 0 Å². The van der Waals surface area contributed by atoms with E-state index in [1.54, 1.807) is 0 Å². The molecule has 6 rings (SSSR count). The van der Waals surface area contributed by atoms with E-state index in [0.29, 0.717) is 0 Å². The number of rotatable bonds is 1. The summed E-state index contributed by atoms with van der Waals surface area (Å²) in [5.74, 6) is 0. The average molecular weight is 459 g/mol. The fourth-order valence-corrected chi connectivity index (χ4v) is 4.17. The standard InChI is InChI=1S/C27H20N4.Co/c1-17-25-15-23-11-9-21(29-23)13-19-7-8-20(28-19)14-22-10-12-24(30-22)16-26(31-25)27(17)18-5-3-2-4-6-18;/h2-16,28,30H,1H3;. The second-order valence-electron chi connectivity index (χ2n) is 7.86. The van der Waals surface area contributed by atoms with E-state index < -0.39 is 0 Å². The molecule has 1 aromatic carbocycles. The van der Waals surface area contributed by atoms with Crippen molar-refractivity contribution in [2.24, 2.45) is 0 Å². The van der Waals surface area contributed by atoms with Gasteiger partial charge < -0.3 is 9.97 Å². The number of hydrogen-bond donors (Lipinski definition) is 2. The third-order valence-electron chi connectivity index (χ3n) is 5.66. The fourth-order valence-electron chi connectivity index (χ4n) is 4.17. The molecule has 5 heterocycles. The van der Waals surface area contributed by atoms with Crippen molar-refractivity contribution in [1.29, 1.82) is 0 Å². The van der Waals surface area contributed by atoms with E-state index in [-0.39, 0.29) is 16.8 Å². The normalized spacial score (nSPS) is 12.7. The van der Waals surface area contributed by atoms with Crippen molar-refractivity contribution < 1.29 is 16.8 Å². The van der Waals surface area contributed by atoms with Crippen LogP contribution in [0.3, 0.4) is 0 Å². The maximum Gasteiger partial charge on any atom is 0.0739 e. The monoisotopic (exact) mass is 459 g/mol. The van der Waals surface area contributed by atoms with E-state index in [2.05, 4.69) is 89.7 Å². The summed E-state index contributed by atoms with van der Waals surface area (Å²) in [5, 5.41) is 0. The molecule has 0 spiro atoms. The van der Waals surface area contributed by atoms with Gasteiger partial charge in [-0.2, -0.15) is 0 Å². The van der Waals surface area contributed by atoms with E-state index in [1.807, 2.05) is 18.2 Å². The first-order valence-corrected chi connectivity index (χ1v) is 10.3. The predicted octanol–water partition coefficient (Wildman–Crippen LogP) is 6.46. The Morgan fingerprint density at radius 3 is 1.88 bits per heavy atom. The molecule has 1 radical (unpaired) electrons. The molecule has 4 aromatic rings. The van der Waals surface area contributed by atoms with Crippen molar-refractivity contribution in [3.8, 4) is 0 Å². The van der Waals surface area contributed by atoms with Gasteiger partial charge in [-0.05, 0) is 78.7 Å². The molecule has 0 unspecified atom stereocenters. The molecule has 0 saturated heterocycles. The van der Waals surface area contributed by atoms with Gasteiger partial charge in [-0.25, -0.2) is 9.97 Å². The van der Waals surface area contributed by atoms with Crippen LogP contribution in [-0.4, -0.2) is 19.9 Å². The van der Waals surface area contributed by atoms with Crippen LogP contribution in [0.25, 0.3) is 45.4 Å². The van der Waals surface area contributed by atoms with E-state index >= 15 is 0 Å². The van der Waals surface area contributed by atoms with Crippen molar-refractivity contribution in [2.75, 3.05) is 0 Å². The van der Waals surface area contributed by atoms with Crippen LogP contribution in [0.5, 0.6) is 0 Å². The minimum absolute atomic E-state index is 0. The summed E-state index contributed by atoms with van der Waals surface area (Å²) in [5.41, 5.74) is 11.3. The quantitative estimate of drug-likeness (QED) is 0.302. The molecular formula is C27H20CoN4. The van der Waals surface area contributed by atoms with Gasteiger partial charge in [0.2, 0.25) is 0 Å². The van der Waals surface area contributed by atoms with Crippen molar-refractivity contribution in [3.05, 3.63) is 107 Å². The molecule has 5 heteroatoms. The molecule has 8 bridgehead atoms. The molecule has 2 N–H and O–H groups in total. The smallest absolute Gasteiger partial charge is 0.0739 e. The first-order valence-electron chi connectivity index (χ1n) is 10.3. The molecular weight excluding hydrogens is 439 g/mol. The van der Waals surface area contributed by atoms with Gasteiger partial charge in [0.15, 0.2) is 0 Å². The first kappa shape index (κ1) is 20.2. The molecule has 32 heavy (non-hydrogen) atoms. The van der Waals surface area contributed by atoms with Gasteiger partial charge >= 0.3 is 0 Å². The first-order chi connectivity index (χ1) is 15.2. The minimum Gasteiger partial charge on any atom is -0.355 e. The molecule has 0 fully saturated rings. The Kier molecular flexibility index (Phi) is 5.13. The SMILES string of the molecule is CC1=C(c2ccccc2)c2cc3ccc(cc4ccc(cc5nc(cc1n2)C=C5)[nH]4)[nH]3.[Co]. The average Bonchev–Trinajstić information content (AvgIpc) is 3.55. The van der Waals surface area contributed by atoms with Crippen LogP contribution in [0.1, 0.15) is 35.3 Å². The Morgan fingerprint density at radius 2 is 1.19 bits per heavy atom. The number of allylic oxidation sites excluding steroid dienone is 1. The van der Waals surface area contributed by atoms with Gasteiger partial charge in [0, 0.05) is 44.4 Å². The largest absolute Gasteiger partial charge is 0.355 e. The Bertz CT molecular complexity index is 1540. The van der Waals surface area contributed by atoms with E-state index in [0.717, 1.165) is 61.6 Å². The predicted molar refractivity (Wildman–Crippen MR) is 128 cm³/mol. The van der Waals surface area contributed by atoms with Gasteiger partial charge in [0.25, 0.3) is 0 Å². The Hall–Kier alpha value is -3.67. The van der Waals surface area contributed by atoms with Crippen molar-refractivity contribution in [2.45, 2.75) is 6.92 Å². The zero-order valence-corrected chi connectivity index (χ0v) is 18.4. The fraction of sp³-hybridized carbons (Fsp3) is 0.0370. The van der Waals surface area contributed by atoms with Crippen molar-refractivity contribution >= 4 is 45.4 Å². The van der Waals surface area contributed by atoms with Crippen LogP contribution >= 0.6 is 0 Å². The van der Waals surface area contributed by atoms with Crippen LogP contribution in [0, 0.1) is 0 Å². The number of nitrogens with one attached hydrogen (secondary N) is 2. The maximum absolute atomic E-state index is 5.00. The van der Waals surface area contributed by atoms with E-state index in [4.69, 9.17) is 9.97 Å². The molecule has 3 aromatic heterocycles. The van der Waals surface area contributed by atoms with Crippen LogP contribution in [0.15, 0.2) is 78.9 Å². The maximum atomic E-state index is 5.00. The van der Waals surface area contributed by atoms with Crippen molar-refractivity contribution in [1.82, 2.24) is 19.9 Å². The van der Waals surface area contributed by atoms with Gasteiger partial charge in [-0.1, -0.05) is 30.3 Å². The van der Waals surface area contributed by atoms with Gasteiger partial charge in [-0.15, -0.1) is 0 Å². The Balaban J connectivity index is 0.00000216. The van der Waals surface area contributed by atoms with Gasteiger partial charge in [0.05, 0.1) is 22.8 Å². The molecule has 0 atom stereocenters. The topological polar surface area (TPSA) is 57.4 Å². The third-order valence-corrected chi connectivity index (χ3v) is 5.66. The van der Waals surface area contributed by atoms with Gasteiger partial charge in [-0.3, -0.25) is 0 Å². The number of aromatic amines is 2. The Labute approximate surface area is 196 Å². The summed E-state index contributed by atoms with van der Waals surface area (Å²) in [6, 6.07) is 27.1. The number of H-pyrrole nitrogens is 2. The van der Waals surface area contributed by atoms with E-state index in [9.17, 15) is 0 Å². The van der Waals surface area contributed by atoms with Crippen LogP contribution in [0.4, 0.5) is 0 Å². The number of benzene rings is 1. The molecule has 0 aliphatic carbocycles. The van der Waals surface area contributed by atoms with Crippen LogP contribution in [0.2, 0.25) is 0 Å². The van der Waals surface area contributed by atoms with Crippen LogP contribution < -0.4 is 0 Å². The van der Waals surface area contributed by atoms with Crippen molar-refractivity contribution in [3.63, 3.8) is 0 Å². The molecule has 0 amide bonds. The molecule has 4 nitrogen and oxygen atoms in total. The molecule has 0 saturated carbocycles. The number of nitrogens with zero attached hydrogens (tertiary/aromatic N) is 2. The summed E-state index contributed by atoms with van der Waals surface area (Å²) in [6.07, 6.45) is 4.07. The number of aromatic nitrogens is 4. The van der Waals surface area contributed by atoms with Crippen LogP contribution in [-0.2, 0) is 16.8 Å². The molecule has 157 valence electrons. The molecule has 2 aliphatic heterocycles. The molecule has 2 aliphatic rings. The third kappa shape index (κ3) is 3.73. The zero-order chi connectivity index (χ0) is 20.8. The second kappa shape index (κ2) is 8.11. The summed E-state index contributed by atoms with van der Waals surface area (Å²) in [6.45, 7) is 2.14. The van der Waals surface area contributed by atoms with Gasteiger partial charge in [0.1, 0.15) is 0 Å². The summed E-state index contributed by atoms with van der Waals surface area (Å²) in [4.78, 5) is 16.7.